The molecule has 0 fully saturated rings. The second-order valence-corrected chi connectivity index (χ2v) is 10.9. The molecule has 0 saturated heterocycles. The number of allylic oxidation sites excluding steroid dienone is 4. The zero-order valence-corrected chi connectivity index (χ0v) is 19.7. The van der Waals surface area contributed by atoms with Gasteiger partial charge in [0.15, 0.2) is 0 Å². The Balaban J connectivity index is 0.000000659. The van der Waals surface area contributed by atoms with Gasteiger partial charge in [0, 0.05) is 11.6 Å². The van der Waals surface area contributed by atoms with Gasteiger partial charge in [0.25, 0.3) is 0 Å². The molecule has 4 rings (SSSR count). The number of rotatable bonds is 3. The monoisotopic (exact) mass is 477 g/mol. The van der Waals surface area contributed by atoms with Gasteiger partial charge in [0.2, 0.25) is 0 Å². The molecule has 2 aliphatic rings. The van der Waals surface area contributed by atoms with Gasteiger partial charge in [-0.05, 0) is 59.7 Å². The van der Waals surface area contributed by atoms with Gasteiger partial charge in [-0.15, -0.1) is 0 Å². The summed E-state index contributed by atoms with van der Waals surface area (Å²) in [5, 5.41) is 14.1. The van der Waals surface area contributed by atoms with Crippen LogP contribution in [0.4, 0.5) is 11.4 Å². The first-order chi connectivity index (χ1) is 13.0. The summed E-state index contributed by atoms with van der Waals surface area (Å²) in [6.45, 7) is 6.60. The minimum atomic E-state index is -0.826. The van der Waals surface area contributed by atoms with E-state index in [9.17, 15) is 5.11 Å². The molecule has 0 spiro atoms. The topological polar surface area (TPSA) is 32.3 Å². The number of aromatic hydroxyl groups is 1. The average Bonchev–Trinajstić information content (AvgIpc) is 2.96. The summed E-state index contributed by atoms with van der Waals surface area (Å²) in [7, 11) is 9.87. The van der Waals surface area contributed by atoms with E-state index >= 15 is 0 Å². The SMILES string of the molecule is CC1=CC(C)C(c2cc(O)c(Nc3ccccc3)c3c2CC3C)=C1.[Cl][Zr][Cl]. The number of para-hydroxylation sites is 1. The van der Waals surface area contributed by atoms with Crippen molar-refractivity contribution in [3.63, 3.8) is 0 Å². The first-order valence-corrected chi connectivity index (χ1v) is 15.4. The predicted octanol–water partition coefficient (Wildman–Crippen LogP) is 7.15. The van der Waals surface area contributed by atoms with Gasteiger partial charge < -0.3 is 10.4 Å². The van der Waals surface area contributed by atoms with Gasteiger partial charge in [-0.1, -0.05) is 49.8 Å². The molecule has 2 aromatic rings. The Morgan fingerprint density at radius 1 is 1.15 bits per heavy atom. The molecule has 0 bridgehead atoms. The first-order valence-electron chi connectivity index (χ1n) is 9.03. The molecule has 2 atom stereocenters. The molecule has 2 unspecified atom stereocenters. The Morgan fingerprint density at radius 2 is 1.81 bits per heavy atom. The van der Waals surface area contributed by atoms with Gasteiger partial charge in [-0.2, -0.15) is 0 Å². The van der Waals surface area contributed by atoms with Crippen LogP contribution in [0.15, 0.2) is 54.1 Å². The van der Waals surface area contributed by atoms with Crippen molar-refractivity contribution in [1.82, 2.24) is 0 Å². The van der Waals surface area contributed by atoms with E-state index < -0.39 is 20.8 Å². The van der Waals surface area contributed by atoms with Crippen LogP contribution in [-0.2, 0) is 27.3 Å². The summed E-state index contributed by atoms with van der Waals surface area (Å²) in [5.41, 5.74) is 8.40. The van der Waals surface area contributed by atoms with E-state index in [1.165, 1.54) is 27.8 Å². The Morgan fingerprint density at radius 3 is 2.37 bits per heavy atom. The Kier molecular flexibility index (Phi) is 6.89. The van der Waals surface area contributed by atoms with Crippen molar-refractivity contribution in [2.75, 3.05) is 5.32 Å². The summed E-state index contributed by atoms with van der Waals surface area (Å²) in [5.74, 6) is 1.23. The molecule has 5 heteroatoms. The zero-order chi connectivity index (χ0) is 19.6. The fraction of sp³-hybridized carbons (Fsp3) is 0.273. The second kappa shape index (κ2) is 8.99. The molecular weight excluding hydrogens is 456 g/mol. The maximum atomic E-state index is 10.7. The predicted molar refractivity (Wildman–Crippen MR) is 113 cm³/mol. The van der Waals surface area contributed by atoms with Crippen molar-refractivity contribution < 1.29 is 26.0 Å². The first kappa shape index (κ1) is 20.7. The standard InChI is InChI=1S/C22H23NO.2ClH.Zr/c1-13-9-14(2)17(10-13)18-12-20(24)22(21-15(3)11-19(18)21)23-16-7-5-4-6-8-16;;;/h4-10,12,14-15,23-24H,11H2,1-3H3;2*1H;/q;;;+2/p-2. The van der Waals surface area contributed by atoms with Crippen LogP contribution in [0.3, 0.4) is 0 Å². The summed E-state index contributed by atoms with van der Waals surface area (Å²) in [6, 6.07) is 12.0. The number of nitrogens with one attached hydrogen (secondary N) is 1. The van der Waals surface area contributed by atoms with Crippen molar-refractivity contribution in [3.05, 3.63) is 70.8 Å². The fourth-order valence-electron chi connectivity index (χ4n) is 4.06. The van der Waals surface area contributed by atoms with Crippen molar-refractivity contribution >= 4 is 34.0 Å². The van der Waals surface area contributed by atoms with Crippen LogP contribution in [-0.4, -0.2) is 5.11 Å². The van der Waals surface area contributed by atoms with Gasteiger partial charge in [-0.3, -0.25) is 0 Å². The summed E-state index contributed by atoms with van der Waals surface area (Å²) in [4.78, 5) is 0. The van der Waals surface area contributed by atoms with E-state index in [1.54, 1.807) is 0 Å². The summed E-state index contributed by atoms with van der Waals surface area (Å²) < 4.78 is 0. The quantitative estimate of drug-likeness (QED) is 0.458. The van der Waals surface area contributed by atoms with Gasteiger partial charge in [-0.25, -0.2) is 0 Å². The molecule has 0 heterocycles. The van der Waals surface area contributed by atoms with Crippen LogP contribution >= 0.6 is 17.0 Å². The van der Waals surface area contributed by atoms with Crippen LogP contribution in [0, 0.1) is 5.92 Å². The van der Waals surface area contributed by atoms with Crippen LogP contribution < -0.4 is 5.32 Å². The number of phenolic OH excluding ortho intramolecular Hbond substituents is 1. The molecule has 2 aliphatic carbocycles. The van der Waals surface area contributed by atoms with E-state index in [2.05, 4.69) is 38.2 Å². The number of fused-ring (bicyclic) bond motifs is 1. The summed E-state index contributed by atoms with van der Waals surface area (Å²) >= 11 is -0.826. The number of anilines is 2. The normalized spacial score (nSPS) is 19.7. The minimum absolute atomic E-state index is 0.344. The fourth-order valence-corrected chi connectivity index (χ4v) is 4.06. The van der Waals surface area contributed by atoms with Crippen LogP contribution in [0.2, 0.25) is 0 Å². The number of benzene rings is 2. The van der Waals surface area contributed by atoms with E-state index in [-0.39, 0.29) is 0 Å². The van der Waals surface area contributed by atoms with Gasteiger partial charge in [0.05, 0.1) is 5.69 Å². The van der Waals surface area contributed by atoms with Gasteiger partial charge in [0.1, 0.15) is 5.75 Å². The number of phenols is 1. The van der Waals surface area contributed by atoms with Crippen molar-refractivity contribution in [2.45, 2.75) is 33.1 Å². The number of hydrogen-bond donors (Lipinski definition) is 2. The molecule has 0 amide bonds. The van der Waals surface area contributed by atoms with Crippen molar-refractivity contribution in [3.8, 4) is 5.75 Å². The third kappa shape index (κ3) is 4.37. The molecule has 2 N–H and O–H groups in total. The molecule has 140 valence electrons. The molecule has 0 saturated carbocycles. The molecule has 0 aromatic heterocycles. The molecule has 2 nitrogen and oxygen atoms in total. The summed E-state index contributed by atoms with van der Waals surface area (Å²) in [6.07, 6.45) is 5.63. The second-order valence-electron chi connectivity index (χ2n) is 7.18. The van der Waals surface area contributed by atoms with Crippen LogP contribution in [0.5, 0.6) is 5.75 Å². The molecule has 0 aliphatic heterocycles. The van der Waals surface area contributed by atoms with E-state index in [1.807, 2.05) is 36.4 Å². The van der Waals surface area contributed by atoms with E-state index in [0.717, 1.165) is 17.8 Å². The molecule has 27 heavy (non-hydrogen) atoms. The van der Waals surface area contributed by atoms with E-state index in [0.29, 0.717) is 17.6 Å². The molecule has 2 aromatic carbocycles. The molecular formula is C22H23Cl2NOZr. The Labute approximate surface area is 180 Å². The van der Waals surface area contributed by atoms with Crippen LogP contribution in [0.1, 0.15) is 43.4 Å². The average molecular weight is 480 g/mol. The van der Waals surface area contributed by atoms with Crippen molar-refractivity contribution in [1.29, 1.82) is 0 Å². The Bertz CT molecular complexity index is 893. The zero-order valence-electron chi connectivity index (χ0n) is 15.7. The maximum absolute atomic E-state index is 10.7. The number of hydrogen-bond acceptors (Lipinski definition) is 2. The Hall–Kier alpha value is -1.02. The molecule has 0 radical (unpaired) electrons. The van der Waals surface area contributed by atoms with Crippen LogP contribution in [0.25, 0.3) is 5.57 Å². The number of halogens is 2. The third-order valence-electron chi connectivity index (χ3n) is 5.20. The van der Waals surface area contributed by atoms with E-state index in [4.69, 9.17) is 17.0 Å². The van der Waals surface area contributed by atoms with Crippen molar-refractivity contribution in [2.24, 2.45) is 5.92 Å². The van der Waals surface area contributed by atoms with Gasteiger partial charge >= 0.3 is 37.9 Å². The third-order valence-corrected chi connectivity index (χ3v) is 5.20.